The molecule has 0 bridgehead atoms. The monoisotopic (exact) mass is 279 g/mol. The van der Waals surface area contributed by atoms with Crippen LogP contribution >= 0.6 is 0 Å². The van der Waals surface area contributed by atoms with Crippen LogP contribution in [0, 0.1) is 5.82 Å². The molecule has 4 nitrogen and oxygen atoms in total. The Kier molecular flexibility index (Phi) is 4.60. The normalized spacial score (nSPS) is 17.8. The number of carbonyl (C=O) groups is 1. The Balaban J connectivity index is 2.25. The van der Waals surface area contributed by atoms with Gasteiger partial charge in [-0.1, -0.05) is 12.1 Å². The van der Waals surface area contributed by atoms with Gasteiger partial charge >= 0.3 is 0 Å². The van der Waals surface area contributed by atoms with E-state index in [4.69, 9.17) is 5.73 Å². The predicted octanol–water partition coefficient (Wildman–Crippen LogP) is 1.90. The van der Waals surface area contributed by atoms with Crippen LogP contribution in [0.1, 0.15) is 31.9 Å². The van der Waals surface area contributed by atoms with E-state index in [1.807, 2.05) is 22.8 Å². The molecule has 110 valence electrons. The van der Waals surface area contributed by atoms with E-state index in [-0.39, 0.29) is 17.8 Å². The van der Waals surface area contributed by atoms with Crippen molar-refractivity contribution in [1.29, 1.82) is 0 Å². The molecule has 0 radical (unpaired) electrons. The number of hydrogen-bond donors (Lipinski definition) is 1. The smallest absolute Gasteiger partial charge is 0.219 e. The molecule has 2 N–H and O–H groups in total. The zero-order valence-electron chi connectivity index (χ0n) is 12.1. The highest BCUT2D eigenvalue weighted by atomic mass is 19.1. The number of benzene rings is 1. The Labute approximate surface area is 119 Å². The lowest BCUT2D eigenvalue weighted by molar-refractivity contribution is -0.128. The lowest BCUT2D eigenvalue weighted by Crippen LogP contribution is -2.34. The van der Waals surface area contributed by atoms with Crippen molar-refractivity contribution in [1.82, 2.24) is 4.90 Å². The molecule has 1 aromatic rings. The zero-order valence-corrected chi connectivity index (χ0v) is 12.1. The predicted molar refractivity (Wildman–Crippen MR) is 78.1 cm³/mol. The molecular weight excluding hydrogens is 257 g/mol. The van der Waals surface area contributed by atoms with Crippen LogP contribution in [0.25, 0.3) is 0 Å². The Bertz CT molecular complexity index is 490. The summed E-state index contributed by atoms with van der Waals surface area (Å²) in [6.07, 6.45) is 0.840. The molecule has 1 heterocycles. The third kappa shape index (κ3) is 3.10. The summed E-state index contributed by atoms with van der Waals surface area (Å²) in [6, 6.07) is 4.82. The number of halogens is 1. The third-order valence-corrected chi connectivity index (χ3v) is 3.77. The summed E-state index contributed by atoms with van der Waals surface area (Å²) in [7, 11) is 0. The Morgan fingerprint density at radius 2 is 2.05 bits per heavy atom. The second kappa shape index (κ2) is 6.22. The van der Waals surface area contributed by atoms with Crippen LogP contribution in [-0.2, 0) is 4.79 Å². The summed E-state index contributed by atoms with van der Waals surface area (Å²) in [5.41, 5.74) is 7.36. The molecule has 1 aliphatic rings. The van der Waals surface area contributed by atoms with Crippen LogP contribution in [0.5, 0.6) is 0 Å². The number of carbonyl (C=O) groups excluding carboxylic acids is 1. The van der Waals surface area contributed by atoms with Crippen LogP contribution < -0.4 is 10.6 Å². The Morgan fingerprint density at radius 1 is 1.30 bits per heavy atom. The van der Waals surface area contributed by atoms with Crippen molar-refractivity contribution in [2.45, 2.75) is 26.3 Å². The van der Waals surface area contributed by atoms with Gasteiger partial charge in [-0.25, -0.2) is 4.39 Å². The number of rotatable bonds is 2. The van der Waals surface area contributed by atoms with E-state index in [2.05, 4.69) is 0 Å². The molecule has 0 saturated carbocycles. The van der Waals surface area contributed by atoms with E-state index < -0.39 is 0 Å². The number of hydrogen-bond acceptors (Lipinski definition) is 3. The standard InChI is InChI=1S/C15H22FN3O/c1-11(17)13-5-3-6-14(16)15(13)19-8-4-7-18(9-10-19)12(2)20/h3,5-6,11H,4,7-10,17H2,1-2H3/t11-/m1/s1. The molecule has 20 heavy (non-hydrogen) atoms. The molecule has 0 unspecified atom stereocenters. The van der Waals surface area contributed by atoms with Gasteiger partial charge in [-0.15, -0.1) is 0 Å². The zero-order chi connectivity index (χ0) is 14.7. The van der Waals surface area contributed by atoms with Gasteiger partial charge in [0.15, 0.2) is 0 Å². The van der Waals surface area contributed by atoms with Crippen molar-refractivity contribution in [3.8, 4) is 0 Å². The maximum atomic E-state index is 14.2. The Hall–Kier alpha value is -1.62. The van der Waals surface area contributed by atoms with Crippen molar-refractivity contribution in [2.75, 3.05) is 31.1 Å². The van der Waals surface area contributed by atoms with Crippen molar-refractivity contribution < 1.29 is 9.18 Å². The van der Waals surface area contributed by atoms with Crippen molar-refractivity contribution in [2.24, 2.45) is 5.73 Å². The van der Waals surface area contributed by atoms with Gasteiger partial charge in [0.25, 0.3) is 0 Å². The van der Waals surface area contributed by atoms with E-state index in [1.165, 1.54) is 6.07 Å². The summed E-state index contributed by atoms with van der Waals surface area (Å²) in [5, 5.41) is 0. The van der Waals surface area contributed by atoms with E-state index in [9.17, 15) is 9.18 Å². The summed E-state index contributed by atoms with van der Waals surface area (Å²) < 4.78 is 14.2. The van der Waals surface area contributed by atoms with Gasteiger partial charge in [0.2, 0.25) is 5.91 Å². The first-order chi connectivity index (χ1) is 9.50. The second-order valence-electron chi connectivity index (χ2n) is 5.31. The Morgan fingerprint density at radius 3 is 2.70 bits per heavy atom. The van der Waals surface area contributed by atoms with Crippen molar-refractivity contribution in [3.63, 3.8) is 0 Å². The molecule has 1 saturated heterocycles. The highest BCUT2D eigenvalue weighted by Crippen LogP contribution is 2.29. The molecular formula is C15H22FN3O. The first-order valence-corrected chi connectivity index (χ1v) is 7.05. The maximum absolute atomic E-state index is 14.2. The van der Waals surface area contributed by atoms with Crippen LogP contribution in [0.4, 0.5) is 10.1 Å². The van der Waals surface area contributed by atoms with Crippen molar-refractivity contribution in [3.05, 3.63) is 29.6 Å². The van der Waals surface area contributed by atoms with Gasteiger partial charge in [-0.05, 0) is 25.0 Å². The molecule has 2 rings (SSSR count). The largest absolute Gasteiger partial charge is 0.367 e. The van der Waals surface area contributed by atoms with E-state index in [0.717, 1.165) is 25.1 Å². The van der Waals surface area contributed by atoms with E-state index in [0.29, 0.717) is 18.8 Å². The van der Waals surface area contributed by atoms with Gasteiger partial charge in [0.05, 0.1) is 5.69 Å². The highest BCUT2D eigenvalue weighted by Gasteiger charge is 2.22. The first kappa shape index (κ1) is 14.8. The van der Waals surface area contributed by atoms with Crippen molar-refractivity contribution >= 4 is 11.6 Å². The molecule has 5 heteroatoms. The molecule has 0 aliphatic carbocycles. The van der Waals surface area contributed by atoms with Crippen LogP contribution in [0.3, 0.4) is 0 Å². The lowest BCUT2D eigenvalue weighted by atomic mass is 10.1. The topological polar surface area (TPSA) is 49.6 Å². The van der Waals surface area contributed by atoms with Crippen LogP contribution in [0.2, 0.25) is 0 Å². The minimum atomic E-state index is -0.240. The fraction of sp³-hybridized carbons (Fsp3) is 0.533. The van der Waals surface area contributed by atoms with Gasteiger partial charge in [0, 0.05) is 39.1 Å². The fourth-order valence-electron chi connectivity index (χ4n) is 2.69. The molecule has 1 aliphatic heterocycles. The number of nitrogens with zero attached hydrogens (tertiary/aromatic N) is 2. The lowest BCUT2D eigenvalue weighted by Gasteiger charge is -2.27. The number of anilines is 1. The molecule has 1 amide bonds. The number of para-hydroxylation sites is 1. The van der Waals surface area contributed by atoms with Crippen LogP contribution in [-0.4, -0.2) is 37.0 Å². The summed E-state index contributed by atoms with van der Waals surface area (Å²) >= 11 is 0. The minimum Gasteiger partial charge on any atom is -0.367 e. The van der Waals surface area contributed by atoms with Gasteiger partial charge < -0.3 is 15.5 Å². The minimum absolute atomic E-state index is 0.0767. The van der Waals surface area contributed by atoms with Gasteiger partial charge in [-0.3, -0.25) is 4.79 Å². The molecule has 1 aromatic carbocycles. The number of amides is 1. The molecule has 0 spiro atoms. The van der Waals surface area contributed by atoms with E-state index in [1.54, 1.807) is 13.0 Å². The summed E-state index contributed by atoms with van der Waals surface area (Å²) in [5.74, 6) is -0.163. The quantitative estimate of drug-likeness (QED) is 0.899. The first-order valence-electron chi connectivity index (χ1n) is 7.05. The van der Waals surface area contributed by atoms with Gasteiger partial charge in [0.1, 0.15) is 5.82 Å². The summed E-state index contributed by atoms with van der Waals surface area (Å²) in [4.78, 5) is 15.3. The van der Waals surface area contributed by atoms with E-state index >= 15 is 0 Å². The third-order valence-electron chi connectivity index (χ3n) is 3.77. The SMILES string of the molecule is CC(=O)N1CCCN(c2c(F)cccc2[C@@H](C)N)CC1. The number of nitrogens with two attached hydrogens (primary N) is 1. The average molecular weight is 279 g/mol. The van der Waals surface area contributed by atoms with Gasteiger partial charge in [-0.2, -0.15) is 0 Å². The average Bonchev–Trinajstić information content (AvgIpc) is 2.64. The van der Waals surface area contributed by atoms with Crippen LogP contribution in [0.15, 0.2) is 18.2 Å². The summed E-state index contributed by atoms with van der Waals surface area (Å²) in [6.45, 7) is 6.17. The fourth-order valence-corrected chi connectivity index (χ4v) is 2.69. The molecule has 0 aromatic heterocycles. The molecule has 1 fully saturated rings. The maximum Gasteiger partial charge on any atom is 0.219 e. The second-order valence-corrected chi connectivity index (χ2v) is 5.31. The highest BCUT2D eigenvalue weighted by molar-refractivity contribution is 5.73. The molecule has 1 atom stereocenters.